The number of nitrogens with one attached hydrogen (secondary N) is 2. The molecule has 0 unspecified atom stereocenters. The predicted octanol–water partition coefficient (Wildman–Crippen LogP) is 4.46. The molecule has 2 aromatic rings. The molecule has 0 radical (unpaired) electrons. The number of hydrogen-bond donors (Lipinski definition) is 2. The van der Waals surface area contributed by atoms with Crippen molar-refractivity contribution >= 4 is 17.5 Å². The number of benzene rings is 2. The number of ether oxygens (including phenoxy) is 1. The van der Waals surface area contributed by atoms with Crippen LogP contribution in [0.5, 0.6) is 5.75 Å². The van der Waals surface area contributed by atoms with E-state index in [1.54, 1.807) is 0 Å². The predicted molar refractivity (Wildman–Crippen MR) is 123 cm³/mol. The van der Waals surface area contributed by atoms with E-state index in [0.717, 1.165) is 17.0 Å². The molecule has 0 aromatic heterocycles. The van der Waals surface area contributed by atoms with Crippen molar-refractivity contribution in [3.63, 3.8) is 0 Å². The molecule has 0 saturated carbocycles. The highest BCUT2D eigenvalue weighted by molar-refractivity contribution is 5.90. The van der Waals surface area contributed by atoms with Crippen LogP contribution >= 0.6 is 0 Å². The minimum atomic E-state index is -0.433. The van der Waals surface area contributed by atoms with Crippen LogP contribution < -0.4 is 15.4 Å². The van der Waals surface area contributed by atoms with Crippen LogP contribution in [0.2, 0.25) is 0 Å². The Morgan fingerprint density at radius 3 is 2.41 bits per heavy atom. The summed E-state index contributed by atoms with van der Waals surface area (Å²) in [5.74, 6) is 3.28. The van der Waals surface area contributed by atoms with Crippen molar-refractivity contribution in [2.24, 2.45) is 10.2 Å². The Morgan fingerprint density at radius 1 is 0.969 bits per heavy atom. The fourth-order valence-corrected chi connectivity index (χ4v) is 3.14. The van der Waals surface area contributed by atoms with E-state index in [0.29, 0.717) is 51.7 Å². The molecule has 0 bridgehead atoms. The van der Waals surface area contributed by atoms with E-state index in [2.05, 4.69) is 26.8 Å². The molecule has 32 heavy (non-hydrogen) atoms. The zero-order valence-corrected chi connectivity index (χ0v) is 18.0. The lowest BCUT2D eigenvalue weighted by molar-refractivity contribution is -0.121. The van der Waals surface area contributed by atoms with Gasteiger partial charge in [0.2, 0.25) is 11.8 Å². The summed E-state index contributed by atoms with van der Waals surface area (Å²) in [5.41, 5.74) is 1.24. The summed E-state index contributed by atoms with van der Waals surface area (Å²) in [6, 6.07) is 17.0. The van der Waals surface area contributed by atoms with Crippen molar-refractivity contribution in [1.82, 2.24) is 5.32 Å². The average molecular weight is 433 g/mol. The Morgan fingerprint density at radius 2 is 1.72 bits per heavy atom. The van der Waals surface area contributed by atoms with E-state index in [1.165, 1.54) is 0 Å². The summed E-state index contributed by atoms with van der Waals surface area (Å²) in [4.78, 5) is 24.2. The smallest absolute Gasteiger partial charge is 0.224 e. The van der Waals surface area contributed by atoms with Crippen molar-refractivity contribution in [3.8, 4) is 18.1 Å². The molecule has 1 aliphatic heterocycles. The van der Waals surface area contributed by atoms with Gasteiger partial charge in [0.1, 0.15) is 5.75 Å². The number of hydrogen-bond acceptors (Lipinski definition) is 5. The van der Waals surface area contributed by atoms with Gasteiger partial charge in [0.15, 0.2) is 5.66 Å². The van der Waals surface area contributed by atoms with Crippen LogP contribution in [0.1, 0.15) is 44.1 Å². The standard InChI is InChI=1S/C25H28N4O3/c1-2-3-16-25(28-29-25)17-15-23(30)26-19-20-11-13-21(14-12-20)27-24(31)10-7-18-32-22-8-5-4-6-9-22/h1,4-6,8-9,11-14H,3,7,10,15-19H2,(H,26,30)(H,27,31). The lowest BCUT2D eigenvalue weighted by atomic mass is 10.0. The van der Waals surface area contributed by atoms with E-state index in [1.807, 2.05) is 54.6 Å². The van der Waals surface area contributed by atoms with E-state index >= 15 is 0 Å². The maximum absolute atomic E-state index is 12.1. The Balaban J connectivity index is 1.30. The molecule has 0 aliphatic carbocycles. The lowest BCUT2D eigenvalue weighted by Gasteiger charge is -2.10. The third-order valence-corrected chi connectivity index (χ3v) is 5.09. The largest absolute Gasteiger partial charge is 0.494 e. The van der Waals surface area contributed by atoms with Gasteiger partial charge in [0, 0.05) is 44.3 Å². The van der Waals surface area contributed by atoms with Gasteiger partial charge >= 0.3 is 0 Å². The summed E-state index contributed by atoms with van der Waals surface area (Å²) in [7, 11) is 0. The Bertz CT molecular complexity index is 959. The number of anilines is 1. The first kappa shape index (κ1) is 23.0. The zero-order chi connectivity index (χ0) is 22.7. The van der Waals surface area contributed by atoms with Gasteiger partial charge in [-0.25, -0.2) is 0 Å². The average Bonchev–Trinajstić information content (AvgIpc) is 3.59. The second-order valence-corrected chi connectivity index (χ2v) is 7.67. The van der Waals surface area contributed by atoms with E-state index < -0.39 is 5.66 Å². The number of nitrogens with zero attached hydrogens (tertiary/aromatic N) is 2. The third kappa shape index (κ3) is 7.88. The highest BCUT2D eigenvalue weighted by atomic mass is 16.5. The number of amides is 2. The maximum atomic E-state index is 12.1. The topological polar surface area (TPSA) is 92.2 Å². The molecule has 0 spiro atoms. The molecule has 7 heteroatoms. The second kappa shape index (κ2) is 11.7. The first-order chi connectivity index (χ1) is 15.6. The summed E-state index contributed by atoms with van der Waals surface area (Å²) in [6.45, 7) is 0.915. The van der Waals surface area contributed by atoms with E-state index in [9.17, 15) is 9.59 Å². The number of para-hydroxylation sites is 1. The lowest BCUT2D eigenvalue weighted by Crippen LogP contribution is -2.24. The van der Waals surface area contributed by atoms with Gasteiger partial charge in [0.25, 0.3) is 0 Å². The molecule has 0 saturated heterocycles. The van der Waals surface area contributed by atoms with Crippen LogP contribution in [-0.4, -0.2) is 24.1 Å². The summed E-state index contributed by atoms with van der Waals surface area (Å²) < 4.78 is 5.59. The SMILES string of the molecule is C#CCCC1(CCC(=O)NCc2ccc(NC(=O)CCCOc3ccccc3)cc2)N=N1. The molecular weight excluding hydrogens is 404 g/mol. The molecule has 2 aromatic carbocycles. The summed E-state index contributed by atoms with van der Waals surface area (Å²) in [5, 5.41) is 13.9. The van der Waals surface area contributed by atoms with Gasteiger partial charge in [-0.15, -0.1) is 12.3 Å². The van der Waals surface area contributed by atoms with Crippen molar-refractivity contribution in [2.75, 3.05) is 11.9 Å². The fraction of sp³-hybridized carbons (Fsp3) is 0.360. The molecule has 1 aliphatic rings. The van der Waals surface area contributed by atoms with Crippen molar-refractivity contribution in [1.29, 1.82) is 0 Å². The van der Waals surface area contributed by atoms with Crippen LogP contribution in [0.4, 0.5) is 5.69 Å². The molecule has 3 rings (SSSR count). The monoisotopic (exact) mass is 432 g/mol. The first-order valence-corrected chi connectivity index (χ1v) is 10.8. The molecule has 0 atom stereocenters. The normalized spacial score (nSPS) is 13.1. The number of carbonyl (C=O) groups is 2. The molecule has 0 fully saturated rings. The fourth-order valence-electron chi connectivity index (χ4n) is 3.14. The third-order valence-electron chi connectivity index (χ3n) is 5.09. The molecule has 166 valence electrons. The Labute approximate surface area is 188 Å². The molecule has 1 heterocycles. The minimum Gasteiger partial charge on any atom is -0.494 e. The summed E-state index contributed by atoms with van der Waals surface area (Å²) >= 11 is 0. The quantitative estimate of drug-likeness (QED) is 0.362. The van der Waals surface area contributed by atoms with Gasteiger partial charge < -0.3 is 15.4 Å². The Hall–Kier alpha value is -3.66. The number of carbonyl (C=O) groups excluding carboxylic acids is 2. The van der Waals surface area contributed by atoms with Crippen LogP contribution in [0.3, 0.4) is 0 Å². The van der Waals surface area contributed by atoms with Crippen molar-refractivity contribution < 1.29 is 14.3 Å². The van der Waals surface area contributed by atoms with Gasteiger partial charge in [-0.3, -0.25) is 9.59 Å². The highest BCUT2D eigenvalue weighted by Crippen LogP contribution is 2.37. The zero-order valence-electron chi connectivity index (χ0n) is 18.0. The molecule has 2 N–H and O–H groups in total. The highest BCUT2D eigenvalue weighted by Gasteiger charge is 2.39. The van der Waals surface area contributed by atoms with Crippen molar-refractivity contribution in [3.05, 3.63) is 60.2 Å². The van der Waals surface area contributed by atoms with Crippen LogP contribution in [0, 0.1) is 12.3 Å². The van der Waals surface area contributed by atoms with Gasteiger partial charge in [0.05, 0.1) is 6.61 Å². The van der Waals surface area contributed by atoms with Gasteiger partial charge in [-0.05, 0) is 36.2 Å². The molecule has 7 nitrogen and oxygen atoms in total. The summed E-state index contributed by atoms with van der Waals surface area (Å²) in [6.07, 6.45) is 8.55. The van der Waals surface area contributed by atoms with Gasteiger partial charge in [-0.1, -0.05) is 30.3 Å². The Kier molecular flexibility index (Phi) is 8.38. The van der Waals surface area contributed by atoms with E-state index in [-0.39, 0.29) is 11.8 Å². The molecular formula is C25H28N4O3. The number of terminal acetylenes is 1. The second-order valence-electron chi connectivity index (χ2n) is 7.67. The molecule has 2 amide bonds. The first-order valence-electron chi connectivity index (χ1n) is 10.8. The van der Waals surface area contributed by atoms with Gasteiger partial charge in [-0.2, -0.15) is 10.2 Å². The van der Waals surface area contributed by atoms with Crippen LogP contribution in [-0.2, 0) is 16.1 Å². The van der Waals surface area contributed by atoms with Crippen LogP contribution in [0.25, 0.3) is 0 Å². The van der Waals surface area contributed by atoms with Crippen LogP contribution in [0.15, 0.2) is 64.8 Å². The van der Waals surface area contributed by atoms with E-state index in [4.69, 9.17) is 11.2 Å². The van der Waals surface area contributed by atoms with Crippen molar-refractivity contribution in [2.45, 2.75) is 50.7 Å². The maximum Gasteiger partial charge on any atom is 0.224 e. The number of rotatable bonds is 13. The minimum absolute atomic E-state index is 0.0440.